The van der Waals surface area contributed by atoms with E-state index in [4.69, 9.17) is 5.73 Å². The summed E-state index contributed by atoms with van der Waals surface area (Å²) in [6.45, 7) is 9.94. The number of amides is 1. The van der Waals surface area contributed by atoms with Crippen LogP contribution in [0.25, 0.3) is 0 Å². The minimum atomic E-state index is -0.684. The average molecular weight is 242 g/mol. The molecule has 0 saturated carbocycles. The summed E-state index contributed by atoms with van der Waals surface area (Å²) in [5, 5.41) is 0. The molecule has 0 radical (unpaired) electrons. The van der Waals surface area contributed by atoms with Crippen LogP contribution in [0.3, 0.4) is 0 Å². The van der Waals surface area contributed by atoms with Crippen LogP contribution in [0.4, 0.5) is 0 Å². The first-order chi connectivity index (χ1) is 7.99. The second kappa shape index (κ2) is 8.51. The van der Waals surface area contributed by atoms with Gasteiger partial charge >= 0.3 is 0 Å². The number of hydrogen-bond donors (Lipinski definition) is 1. The van der Waals surface area contributed by atoms with Crippen LogP contribution in [-0.4, -0.2) is 29.4 Å². The summed E-state index contributed by atoms with van der Waals surface area (Å²) < 4.78 is 0. The zero-order valence-electron chi connectivity index (χ0n) is 12.1. The molecule has 0 aliphatic heterocycles. The third kappa shape index (κ3) is 6.06. The fraction of sp³-hybridized carbons (Fsp3) is 0.929. The van der Waals surface area contributed by atoms with Crippen LogP contribution in [0.15, 0.2) is 0 Å². The first kappa shape index (κ1) is 16.4. The molecule has 17 heavy (non-hydrogen) atoms. The lowest BCUT2D eigenvalue weighted by atomic mass is 9.95. The maximum Gasteiger partial charge on any atom is 0.242 e. The Morgan fingerprint density at radius 1 is 1.06 bits per heavy atom. The highest BCUT2D eigenvalue weighted by atomic mass is 16.2. The number of nitrogens with two attached hydrogens (primary N) is 1. The number of carbonyl (C=O) groups is 1. The Balaban J connectivity index is 4.48. The Morgan fingerprint density at radius 2 is 1.53 bits per heavy atom. The van der Waals surface area contributed by atoms with E-state index in [0.29, 0.717) is 0 Å². The molecule has 0 aliphatic carbocycles. The smallest absolute Gasteiger partial charge is 0.242 e. The molecule has 0 saturated heterocycles. The summed E-state index contributed by atoms with van der Waals surface area (Å²) in [7, 11) is 0. The summed E-state index contributed by atoms with van der Waals surface area (Å²) in [6, 6.07) is 0. The predicted molar refractivity (Wildman–Crippen MR) is 73.9 cm³/mol. The third-order valence-electron chi connectivity index (χ3n) is 3.11. The van der Waals surface area contributed by atoms with Crippen molar-refractivity contribution in [2.45, 2.75) is 71.8 Å². The van der Waals surface area contributed by atoms with Crippen LogP contribution >= 0.6 is 0 Å². The van der Waals surface area contributed by atoms with Gasteiger partial charge in [0.2, 0.25) is 5.91 Å². The monoisotopic (exact) mass is 242 g/mol. The molecule has 1 atom stereocenters. The van der Waals surface area contributed by atoms with E-state index < -0.39 is 5.54 Å². The van der Waals surface area contributed by atoms with Gasteiger partial charge in [-0.25, -0.2) is 0 Å². The molecule has 0 fully saturated rings. The van der Waals surface area contributed by atoms with Crippen LogP contribution in [-0.2, 0) is 4.79 Å². The molecule has 102 valence electrons. The van der Waals surface area contributed by atoms with Crippen LogP contribution in [0.2, 0.25) is 0 Å². The molecule has 3 nitrogen and oxygen atoms in total. The maximum absolute atomic E-state index is 12.4. The number of carbonyl (C=O) groups excluding carboxylic acids is 1. The highest BCUT2D eigenvalue weighted by molar-refractivity contribution is 5.85. The summed E-state index contributed by atoms with van der Waals surface area (Å²) in [4.78, 5) is 14.3. The fourth-order valence-corrected chi connectivity index (χ4v) is 2.00. The second-order valence-corrected chi connectivity index (χ2v) is 5.17. The molecule has 0 spiro atoms. The predicted octanol–water partition coefficient (Wildman–Crippen LogP) is 2.93. The van der Waals surface area contributed by atoms with E-state index >= 15 is 0 Å². The maximum atomic E-state index is 12.4. The Bertz CT molecular complexity index is 206. The largest absolute Gasteiger partial charge is 0.341 e. The molecular formula is C14H30N2O. The summed E-state index contributed by atoms with van der Waals surface area (Å²) in [5.41, 5.74) is 5.44. The van der Waals surface area contributed by atoms with Crippen molar-refractivity contribution in [3.05, 3.63) is 0 Å². The molecule has 0 aromatic rings. The Labute approximate surface area is 107 Å². The Morgan fingerprint density at radius 3 is 1.88 bits per heavy atom. The molecular weight excluding hydrogens is 212 g/mol. The van der Waals surface area contributed by atoms with Gasteiger partial charge in [-0.2, -0.15) is 0 Å². The Hall–Kier alpha value is -0.570. The van der Waals surface area contributed by atoms with E-state index in [0.717, 1.165) is 51.6 Å². The number of nitrogens with zero attached hydrogens (tertiary/aromatic N) is 1. The van der Waals surface area contributed by atoms with Crippen molar-refractivity contribution in [3.8, 4) is 0 Å². The molecule has 0 rings (SSSR count). The zero-order chi connectivity index (χ0) is 13.3. The van der Waals surface area contributed by atoms with E-state index in [1.807, 2.05) is 11.8 Å². The van der Waals surface area contributed by atoms with E-state index in [9.17, 15) is 4.79 Å². The van der Waals surface area contributed by atoms with Gasteiger partial charge < -0.3 is 10.6 Å². The standard InChI is InChI=1S/C14H30N2O/c1-5-8-11-16(12-9-6-2)13(17)14(4,15)10-7-3/h5-12,15H2,1-4H3. The van der Waals surface area contributed by atoms with Gasteiger partial charge in [0.05, 0.1) is 5.54 Å². The quantitative estimate of drug-likeness (QED) is 0.675. The number of rotatable bonds is 9. The minimum Gasteiger partial charge on any atom is -0.341 e. The van der Waals surface area contributed by atoms with Gasteiger partial charge in [0.15, 0.2) is 0 Å². The van der Waals surface area contributed by atoms with Gasteiger partial charge in [0.25, 0.3) is 0 Å². The fourth-order valence-electron chi connectivity index (χ4n) is 2.00. The normalized spacial score (nSPS) is 14.4. The van der Waals surface area contributed by atoms with Gasteiger partial charge in [-0.3, -0.25) is 4.79 Å². The zero-order valence-corrected chi connectivity index (χ0v) is 12.1. The summed E-state index contributed by atoms with van der Waals surface area (Å²) >= 11 is 0. The summed E-state index contributed by atoms with van der Waals surface area (Å²) in [6.07, 6.45) is 6.08. The molecule has 0 bridgehead atoms. The van der Waals surface area contributed by atoms with E-state index in [1.54, 1.807) is 0 Å². The lowest BCUT2D eigenvalue weighted by molar-refractivity contribution is -0.136. The number of unbranched alkanes of at least 4 members (excludes halogenated alkanes) is 2. The highest BCUT2D eigenvalue weighted by Gasteiger charge is 2.31. The second-order valence-electron chi connectivity index (χ2n) is 5.17. The van der Waals surface area contributed by atoms with Crippen molar-refractivity contribution in [2.24, 2.45) is 5.73 Å². The van der Waals surface area contributed by atoms with Gasteiger partial charge in [-0.1, -0.05) is 40.0 Å². The van der Waals surface area contributed by atoms with Gasteiger partial charge in [0, 0.05) is 13.1 Å². The van der Waals surface area contributed by atoms with E-state index in [2.05, 4.69) is 20.8 Å². The topological polar surface area (TPSA) is 46.3 Å². The van der Waals surface area contributed by atoms with Crippen molar-refractivity contribution in [2.75, 3.05) is 13.1 Å². The highest BCUT2D eigenvalue weighted by Crippen LogP contribution is 2.14. The van der Waals surface area contributed by atoms with Crippen LogP contribution < -0.4 is 5.73 Å². The summed E-state index contributed by atoms with van der Waals surface area (Å²) in [5.74, 6) is 0.126. The van der Waals surface area contributed by atoms with Crippen molar-refractivity contribution >= 4 is 5.91 Å². The van der Waals surface area contributed by atoms with Crippen molar-refractivity contribution in [3.63, 3.8) is 0 Å². The van der Waals surface area contributed by atoms with Gasteiger partial charge in [-0.15, -0.1) is 0 Å². The van der Waals surface area contributed by atoms with Crippen LogP contribution in [0, 0.1) is 0 Å². The molecule has 0 aromatic carbocycles. The molecule has 3 heteroatoms. The van der Waals surface area contributed by atoms with Crippen molar-refractivity contribution < 1.29 is 4.79 Å². The van der Waals surface area contributed by atoms with Crippen molar-refractivity contribution in [1.82, 2.24) is 4.90 Å². The molecule has 0 heterocycles. The third-order valence-corrected chi connectivity index (χ3v) is 3.11. The average Bonchev–Trinajstić information content (AvgIpc) is 2.28. The number of hydrogen-bond acceptors (Lipinski definition) is 2. The van der Waals surface area contributed by atoms with Crippen LogP contribution in [0.5, 0.6) is 0 Å². The van der Waals surface area contributed by atoms with Crippen LogP contribution in [0.1, 0.15) is 66.2 Å². The lowest BCUT2D eigenvalue weighted by Gasteiger charge is -2.31. The first-order valence-electron chi connectivity index (χ1n) is 7.07. The first-order valence-corrected chi connectivity index (χ1v) is 7.07. The molecule has 0 aliphatic rings. The minimum absolute atomic E-state index is 0.126. The van der Waals surface area contributed by atoms with Crippen molar-refractivity contribution in [1.29, 1.82) is 0 Å². The SMILES string of the molecule is CCCCN(CCCC)C(=O)C(C)(N)CCC. The van der Waals surface area contributed by atoms with Gasteiger partial charge in [-0.05, 0) is 26.2 Å². The Kier molecular flexibility index (Phi) is 8.23. The molecule has 1 amide bonds. The molecule has 2 N–H and O–H groups in total. The van der Waals surface area contributed by atoms with E-state index in [1.165, 1.54) is 0 Å². The molecule has 0 aromatic heterocycles. The van der Waals surface area contributed by atoms with E-state index in [-0.39, 0.29) is 5.91 Å². The van der Waals surface area contributed by atoms with Gasteiger partial charge in [0.1, 0.15) is 0 Å². The molecule has 1 unspecified atom stereocenters. The lowest BCUT2D eigenvalue weighted by Crippen LogP contribution is -2.53.